The number of piperazine rings is 2. The van der Waals surface area contributed by atoms with Crippen LogP contribution in [0.5, 0.6) is 0 Å². The Morgan fingerprint density at radius 2 is 0.861 bits per heavy atom. The zero-order valence-electron chi connectivity index (χ0n) is 20.4. The van der Waals surface area contributed by atoms with Crippen LogP contribution in [0.25, 0.3) is 0 Å². The van der Waals surface area contributed by atoms with E-state index >= 15 is 0 Å². The topological polar surface area (TPSA) is 225 Å². The van der Waals surface area contributed by atoms with Crippen molar-refractivity contribution in [3.63, 3.8) is 0 Å². The number of aliphatic carboxylic acids is 1. The summed E-state index contributed by atoms with van der Waals surface area (Å²) < 4.78 is 59.3. The van der Waals surface area contributed by atoms with Gasteiger partial charge in [-0.1, -0.05) is 0 Å². The maximum absolute atomic E-state index is 10.5. The molecule has 0 aromatic carbocycles. The number of carbonyl (C=O) groups is 1. The van der Waals surface area contributed by atoms with E-state index in [2.05, 4.69) is 15.5 Å². The SMILES string of the molecule is Cl.NCC(=O)O.O=S(=O)(O)CCN1CCN(CCO)CC1.O=S(=O)(O)CCN1CCN(CCO)CC1. The monoisotopic (exact) mass is 587 g/mol. The van der Waals surface area contributed by atoms with E-state index in [1.165, 1.54) is 0 Å². The van der Waals surface area contributed by atoms with Crippen LogP contribution in [0.3, 0.4) is 0 Å². The second-order valence-corrected chi connectivity index (χ2v) is 11.1. The molecule has 7 N–H and O–H groups in total. The Morgan fingerprint density at radius 3 is 1.03 bits per heavy atom. The van der Waals surface area contributed by atoms with Crippen molar-refractivity contribution in [3.8, 4) is 0 Å². The second kappa shape index (κ2) is 20.3. The maximum atomic E-state index is 10.5. The van der Waals surface area contributed by atoms with Crippen LogP contribution in [-0.4, -0.2) is 177 Å². The van der Waals surface area contributed by atoms with Gasteiger partial charge in [-0.05, 0) is 0 Å². The predicted molar refractivity (Wildman–Crippen MR) is 137 cm³/mol. The van der Waals surface area contributed by atoms with Crippen molar-refractivity contribution >= 4 is 38.6 Å². The molecule has 218 valence electrons. The van der Waals surface area contributed by atoms with Gasteiger partial charge in [0.05, 0.1) is 31.3 Å². The summed E-state index contributed by atoms with van der Waals surface area (Å²) in [4.78, 5) is 17.5. The molecule has 2 fully saturated rings. The molecule has 0 atom stereocenters. The number of carboxylic acid groups (broad SMARTS) is 1. The Morgan fingerprint density at radius 1 is 0.639 bits per heavy atom. The van der Waals surface area contributed by atoms with Crippen LogP contribution < -0.4 is 5.73 Å². The van der Waals surface area contributed by atoms with Gasteiger partial charge in [-0.25, -0.2) is 0 Å². The lowest BCUT2D eigenvalue weighted by Gasteiger charge is -2.33. The molecular formula is C18H42ClN5O10S2. The van der Waals surface area contributed by atoms with Gasteiger partial charge in [0, 0.05) is 78.5 Å². The van der Waals surface area contributed by atoms with E-state index in [0.29, 0.717) is 26.2 Å². The molecule has 2 saturated heterocycles. The Labute approximate surface area is 219 Å². The highest BCUT2D eigenvalue weighted by atomic mass is 35.5. The quantitative estimate of drug-likeness (QED) is 0.128. The lowest BCUT2D eigenvalue weighted by Crippen LogP contribution is -2.48. The predicted octanol–water partition coefficient (Wildman–Crippen LogP) is -3.58. The van der Waals surface area contributed by atoms with E-state index < -0.39 is 26.2 Å². The van der Waals surface area contributed by atoms with Gasteiger partial charge < -0.3 is 21.1 Å². The highest BCUT2D eigenvalue weighted by molar-refractivity contribution is 7.86. The first-order valence-electron chi connectivity index (χ1n) is 11.2. The molecule has 0 spiro atoms. The highest BCUT2D eigenvalue weighted by Gasteiger charge is 2.18. The Bertz CT molecular complexity index is 717. The molecule has 0 unspecified atom stereocenters. The summed E-state index contributed by atoms with van der Waals surface area (Å²) in [6, 6.07) is 0. The fourth-order valence-corrected chi connectivity index (χ4v) is 4.22. The first-order chi connectivity index (χ1) is 16.3. The third kappa shape index (κ3) is 22.5. The third-order valence-corrected chi connectivity index (χ3v) is 6.66. The van der Waals surface area contributed by atoms with Crippen molar-refractivity contribution in [2.45, 2.75) is 0 Å². The minimum atomic E-state index is -3.84. The van der Waals surface area contributed by atoms with E-state index in [4.69, 9.17) is 24.4 Å². The Kier molecular flexibility index (Phi) is 21.1. The number of aliphatic hydroxyl groups excluding tert-OH is 2. The number of nitrogens with zero attached hydrogens (tertiary/aromatic N) is 4. The van der Waals surface area contributed by atoms with Gasteiger partial charge in [-0.2, -0.15) is 16.8 Å². The van der Waals surface area contributed by atoms with Crippen LogP contribution >= 0.6 is 12.4 Å². The molecule has 2 aliphatic heterocycles. The standard InChI is InChI=1S/2C8H18N2O4S.C2H5NO2.ClH/c2*11-7-5-9-1-3-10(4-2-9)6-8-15(12,13)14;3-1-2(4)5;/h2*11H,1-8H2,(H,12,13,14);1,3H2,(H,4,5);1H. The fourth-order valence-electron chi connectivity index (χ4n) is 3.24. The van der Waals surface area contributed by atoms with E-state index in [9.17, 15) is 21.6 Å². The van der Waals surface area contributed by atoms with E-state index in [-0.39, 0.29) is 43.7 Å². The Hall–Kier alpha value is -0.700. The van der Waals surface area contributed by atoms with Crippen LogP contribution in [0, 0.1) is 0 Å². The molecular weight excluding hydrogens is 546 g/mol. The lowest BCUT2D eigenvalue weighted by atomic mass is 10.3. The van der Waals surface area contributed by atoms with Crippen molar-refractivity contribution in [1.82, 2.24) is 19.6 Å². The normalized spacial score (nSPS) is 18.2. The number of β-amino-alcohol motifs (C(OH)–C–C–N with tert-alkyl or cyclic N) is 2. The van der Waals surface area contributed by atoms with Crippen molar-refractivity contribution in [2.75, 3.05) is 110 Å². The summed E-state index contributed by atoms with van der Waals surface area (Å²) in [5.41, 5.74) is 4.57. The maximum Gasteiger partial charge on any atom is 0.317 e. The van der Waals surface area contributed by atoms with Gasteiger partial charge in [0.25, 0.3) is 20.2 Å². The summed E-state index contributed by atoms with van der Waals surface area (Å²) >= 11 is 0. The minimum absolute atomic E-state index is 0. The molecule has 15 nitrogen and oxygen atoms in total. The van der Waals surface area contributed by atoms with Gasteiger partial charge in [0.2, 0.25) is 0 Å². The summed E-state index contributed by atoms with van der Waals surface area (Å²) in [5.74, 6) is -1.37. The van der Waals surface area contributed by atoms with Gasteiger partial charge in [-0.3, -0.25) is 33.5 Å². The van der Waals surface area contributed by atoms with E-state index in [1.807, 2.05) is 9.80 Å². The largest absolute Gasteiger partial charge is 0.480 e. The van der Waals surface area contributed by atoms with Crippen LogP contribution in [-0.2, 0) is 25.0 Å². The van der Waals surface area contributed by atoms with Crippen LogP contribution in [0.15, 0.2) is 0 Å². The van der Waals surface area contributed by atoms with Crippen molar-refractivity contribution in [1.29, 1.82) is 0 Å². The molecule has 2 aliphatic rings. The van der Waals surface area contributed by atoms with Crippen LogP contribution in [0.4, 0.5) is 0 Å². The third-order valence-electron chi connectivity index (χ3n) is 5.27. The molecule has 0 amide bonds. The first-order valence-corrected chi connectivity index (χ1v) is 14.4. The van der Waals surface area contributed by atoms with Crippen molar-refractivity contribution in [3.05, 3.63) is 0 Å². The number of aliphatic hydroxyl groups is 2. The average Bonchev–Trinajstić information content (AvgIpc) is 2.78. The van der Waals surface area contributed by atoms with Gasteiger partial charge in [-0.15, -0.1) is 12.4 Å². The van der Waals surface area contributed by atoms with Gasteiger partial charge in [0.1, 0.15) is 0 Å². The van der Waals surface area contributed by atoms with E-state index in [0.717, 1.165) is 52.4 Å². The summed E-state index contributed by atoms with van der Waals surface area (Å²) in [5, 5.41) is 25.1. The molecule has 18 heteroatoms. The van der Waals surface area contributed by atoms with Crippen molar-refractivity contribution < 1.29 is 46.1 Å². The zero-order chi connectivity index (χ0) is 26.9. The highest BCUT2D eigenvalue weighted by Crippen LogP contribution is 2.02. The molecule has 2 heterocycles. The smallest absolute Gasteiger partial charge is 0.317 e. The molecule has 0 radical (unpaired) electrons. The average molecular weight is 588 g/mol. The van der Waals surface area contributed by atoms with Crippen LogP contribution in [0.1, 0.15) is 0 Å². The number of hydrogen-bond donors (Lipinski definition) is 6. The molecule has 0 aromatic heterocycles. The second-order valence-electron chi connectivity index (χ2n) is 7.98. The molecule has 0 aromatic rings. The molecule has 2 rings (SSSR count). The summed E-state index contributed by atoms with van der Waals surface area (Å²) in [6.45, 7) is 8.65. The van der Waals surface area contributed by atoms with Gasteiger partial charge in [0.15, 0.2) is 0 Å². The number of rotatable bonds is 11. The molecule has 36 heavy (non-hydrogen) atoms. The minimum Gasteiger partial charge on any atom is -0.480 e. The number of nitrogens with two attached hydrogens (primary N) is 1. The lowest BCUT2D eigenvalue weighted by molar-refractivity contribution is -0.135. The number of halogens is 1. The Balaban J connectivity index is 0. The first kappa shape index (κ1) is 37.5. The van der Waals surface area contributed by atoms with Crippen molar-refractivity contribution in [2.24, 2.45) is 5.73 Å². The number of carboxylic acids is 1. The molecule has 0 aliphatic carbocycles. The van der Waals surface area contributed by atoms with E-state index in [1.54, 1.807) is 0 Å². The molecule has 0 bridgehead atoms. The summed E-state index contributed by atoms with van der Waals surface area (Å²) in [6.07, 6.45) is 0. The zero-order valence-corrected chi connectivity index (χ0v) is 22.8. The molecule has 0 saturated carbocycles. The summed E-state index contributed by atoms with van der Waals surface area (Å²) in [7, 11) is -7.69. The van der Waals surface area contributed by atoms with Gasteiger partial charge >= 0.3 is 5.97 Å². The fraction of sp³-hybridized carbons (Fsp3) is 0.944. The number of hydrogen-bond acceptors (Lipinski definition) is 12. The van der Waals surface area contributed by atoms with Crippen LogP contribution in [0.2, 0.25) is 0 Å².